The highest BCUT2D eigenvalue weighted by molar-refractivity contribution is 8.15. The third kappa shape index (κ3) is 4.94. The third-order valence-electron chi connectivity index (χ3n) is 4.85. The average Bonchev–Trinajstić information content (AvgIpc) is 3.45. The minimum absolute atomic E-state index is 0.0177. The summed E-state index contributed by atoms with van der Waals surface area (Å²) in [5.74, 6) is 0.525. The van der Waals surface area contributed by atoms with Crippen LogP contribution in [0.4, 0.5) is 0 Å². The Labute approximate surface area is 185 Å². The number of benzene rings is 2. The number of hydrazine groups is 1. The quantitative estimate of drug-likeness (QED) is 0.556. The molecule has 162 valence electrons. The van der Waals surface area contributed by atoms with E-state index in [1.54, 1.807) is 6.92 Å². The number of H-pyrrole nitrogens is 1. The molecule has 0 spiro atoms. The fourth-order valence-electron chi connectivity index (χ4n) is 3.17. The van der Waals surface area contributed by atoms with E-state index in [0.29, 0.717) is 17.5 Å². The molecule has 9 nitrogen and oxygen atoms in total. The van der Waals surface area contributed by atoms with Gasteiger partial charge in [-0.1, -0.05) is 67.2 Å². The van der Waals surface area contributed by atoms with Crippen LogP contribution in [-0.4, -0.2) is 50.3 Å². The number of aromatic amines is 1. The Morgan fingerprint density at radius 3 is 2.48 bits per heavy atom. The molecule has 2 N–H and O–H groups in total. The second kappa shape index (κ2) is 9.16. The van der Waals surface area contributed by atoms with Gasteiger partial charge in [0.2, 0.25) is 5.82 Å². The number of thioether (sulfide) groups is 1. The largest absolute Gasteiger partial charge is 0.280 e. The Kier molecular flexibility index (Phi) is 6.35. The topological polar surface area (TPSA) is 116 Å². The van der Waals surface area contributed by atoms with Gasteiger partial charge in [0.25, 0.3) is 10.0 Å². The number of rotatable bonds is 7. The van der Waals surface area contributed by atoms with E-state index in [1.165, 1.54) is 11.8 Å². The molecule has 3 aromatic rings. The van der Waals surface area contributed by atoms with E-state index < -0.39 is 10.0 Å². The van der Waals surface area contributed by atoms with Gasteiger partial charge in [-0.25, -0.2) is 13.8 Å². The van der Waals surface area contributed by atoms with Crippen molar-refractivity contribution in [2.75, 3.05) is 5.75 Å². The van der Waals surface area contributed by atoms with Crippen LogP contribution in [0.1, 0.15) is 25.8 Å². The van der Waals surface area contributed by atoms with Crippen LogP contribution in [0, 0.1) is 0 Å². The molecule has 11 heteroatoms. The molecule has 1 aliphatic rings. The summed E-state index contributed by atoms with van der Waals surface area (Å²) in [6, 6.07) is 16.0. The maximum atomic E-state index is 12.0. The average molecular weight is 458 g/mol. The lowest BCUT2D eigenvalue weighted by Gasteiger charge is -2.19. The smallest absolute Gasteiger partial charge is 0.255 e. The molecule has 1 unspecified atom stereocenters. The molecule has 0 saturated carbocycles. The standard InChI is InChI=1S/C20H23N7O2S2/c1-3-18-23-27(20(30-18)24-31(28,29)4-2)13-14-9-11-15(12-10-14)16-7-5-6-8-17(16)19-21-25-26-22-19/h5-12,18,23H,3-4,13H2,1-2H3,(H,21,22,25,26). The van der Waals surface area contributed by atoms with Crippen molar-refractivity contribution < 1.29 is 8.42 Å². The maximum absolute atomic E-state index is 12.0. The summed E-state index contributed by atoms with van der Waals surface area (Å²) < 4.78 is 28.0. The van der Waals surface area contributed by atoms with Crippen LogP contribution < -0.4 is 5.43 Å². The van der Waals surface area contributed by atoms with Crippen LogP contribution in [0.15, 0.2) is 52.9 Å². The van der Waals surface area contributed by atoms with Crippen molar-refractivity contribution in [3.8, 4) is 22.5 Å². The normalized spacial score (nSPS) is 18.1. The monoisotopic (exact) mass is 457 g/mol. The molecule has 2 heterocycles. The van der Waals surface area contributed by atoms with Crippen molar-refractivity contribution in [1.82, 2.24) is 31.1 Å². The molecule has 0 amide bonds. The fourth-order valence-corrected chi connectivity index (χ4v) is 4.99. The summed E-state index contributed by atoms with van der Waals surface area (Å²) in [5, 5.41) is 16.7. The van der Waals surface area contributed by atoms with Crippen LogP contribution in [0.3, 0.4) is 0 Å². The molecule has 0 aliphatic carbocycles. The Bertz CT molecular complexity index is 1160. The molecule has 1 aromatic heterocycles. The number of nitrogens with zero attached hydrogens (tertiary/aromatic N) is 5. The third-order valence-corrected chi connectivity index (χ3v) is 7.39. The Morgan fingerprint density at radius 1 is 1.10 bits per heavy atom. The zero-order valence-electron chi connectivity index (χ0n) is 17.2. The number of hydrogen-bond acceptors (Lipinski definition) is 7. The highest BCUT2D eigenvalue weighted by Crippen LogP contribution is 2.30. The van der Waals surface area contributed by atoms with E-state index in [-0.39, 0.29) is 11.1 Å². The molecule has 0 bridgehead atoms. The lowest BCUT2D eigenvalue weighted by atomic mass is 9.98. The molecule has 1 atom stereocenters. The zero-order chi connectivity index (χ0) is 21.8. The first kappa shape index (κ1) is 21.5. The van der Waals surface area contributed by atoms with E-state index >= 15 is 0 Å². The summed E-state index contributed by atoms with van der Waals surface area (Å²) in [6.07, 6.45) is 0.859. The Hall–Kier alpha value is -2.76. The first-order valence-corrected chi connectivity index (χ1v) is 12.4. The van der Waals surface area contributed by atoms with Crippen molar-refractivity contribution in [2.45, 2.75) is 32.2 Å². The van der Waals surface area contributed by atoms with Gasteiger partial charge < -0.3 is 0 Å². The molecule has 0 radical (unpaired) electrons. The van der Waals surface area contributed by atoms with Gasteiger partial charge in [0.05, 0.1) is 17.7 Å². The van der Waals surface area contributed by atoms with Gasteiger partial charge in [0.1, 0.15) is 0 Å². The molecule has 31 heavy (non-hydrogen) atoms. The van der Waals surface area contributed by atoms with Crippen LogP contribution in [-0.2, 0) is 16.6 Å². The van der Waals surface area contributed by atoms with Crippen molar-refractivity contribution in [2.24, 2.45) is 4.40 Å². The van der Waals surface area contributed by atoms with Crippen molar-refractivity contribution >= 4 is 27.0 Å². The van der Waals surface area contributed by atoms with Crippen LogP contribution >= 0.6 is 11.8 Å². The van der Waals surface area contributed by atoms with Crippen LogP contribution in [0.2, 0.25) is 0 Å². The predicted octanol–water partition coefficient (Wildman–Crippen LogP) is 3.03. The second-order valence-electron chi connectivity index (χ2n) is 6.95. The maximum Gasteiger partial charge on any atom is 0.255 e. The summed E-state index contributed by atoms with van der Waals surface area (Å²) in [4.78, 5) is 0. The molecule has 1 aliphatic heterocycles. The van der Waals surface area contributed by atoms with Gasteiger partial charge in [0, 0.05) is 5.56 Å². The van der Waals surface area contributed by atoms with Crippen molar-refractivity contribution in [3.05, 3.63) is 54.1 Å². The predicted molar refractivity (Wildman–Crippen MR) is 122 cm³/mol. The van der Waals surface area contributed by atoms with E-state index in [2.05, 4.69) is 37.4 Å². The van der Waals surface area contributed by atoms with E-state index in [0.717, 1.165) is 28.7 Å². The van der Waals surface area contributed by atoms with Gasteiger partial charge in [-0.15, -0.1) is 14.6 Å². The molecule has 4 rings (SSSR count). The number of amidine groups is 1. The van der Waals surface area contributed by atoms with Crippen LogP contribution in [0.5, 0.6) is 0 Å². The first-order chi connectivity index (χ1) is 15.0. The molecule has 2 aromatic carbocycles. The minimum atomic E-state index is -3.46. The summed E-state index contributed by atoms with van der Waals surface area (Å²) in [7, 11) is -3.46. The van der Waals surface area contributed by atoms with Gasteiger partial charge in [-0.3, -0.25) is 5.01 Å². The highest BCUT2D eigenvalue weighted by Gasteiger charge is 2.29. The molecular weight excluding hydrogens is 434 g/mol. The molecule has 1 fully saturated rings. The summed E-state index contributed by atoms with van der Waals surface area (Å²) in [5.41, 5.74) is 7.30. The summed E-state index contributed by atoms with van der Waals surface area (Å²) >= 11 is 1.44. The van der Waals surface area contributed by atoms with Gasteiger partial charge in [-0.05, 0) is 35.2 Å². The molecule has 1 saturated heterocycles. The summed E-state index contributed by atoms with van der Waals surface area (Å²) in [6.45, 7) is 4.16. The zero-order valence-corrected chi connectivity index (χ0v) is 18.8. The van der Waals surface area contributed by atoms with Crippen LogP contribution in [0.25, 0.3) is 22.5 Å². The van der Waals surface area contributed by atoms with Crippen molar-refractivity contribution in [1.29, 1.82) is 0 Å². The van der Waals surface area contributed by atoms with E-state index in [9.17, 15) is 8.42 Å². The number of tetrazole rings is 1. The fraction of sp³-hybridized carbons (Fsp3) is 0.300. The van der Waals surface area contributed by atoms with Gasteiger partial charge in [0.15, 0.2) is 5.17 Å². The molecular formula is C20H23N7O2S2. The van der Waals surface area contributed by atoms with Crippen molar-refractivity contribution in [3.63, 3.8) is 0 Å². The number of sulfonamides is 1. The lowest BCUT2D eigenvalue weighted by molar-refractivity contribution is 0.306. The lowest BCUT2D eigenvalue weighted by Crippen LogP contribution is -2.37. The van der Waals surface area contributed by atoms with E-state index in [4.69, 9.17) is 0 Å². The Balaban J connectivity index is 1.57. The highest BCUT2D eigenvalue weighted by atomic mass is 32.2. The number of aromatic nitrogens is 4. The van der Waals surface area contributed by atoms with Gasteiger partial charge in [-0.2, -0.15) is 5.21 Å². The second-order valence-corrected chi connectivity index (χ2v) is 10.0. The Morgan fingerprint density at radius 2 is 1.84 bits per heavy atom. The van der Waals surface area contributed by atoms with Gasteiger partial charge >= 0.3 is 0 Å². The number of hydrogen-bond donors (Lipinski definition) is 2. The minimum Gasteiger partial charge on any atom is -0.280 e. The van der Waals surface area contributed by atoms with E-state index in [1.807, 2.05) is 53.5 Å². The number of nitrogens with one attached hydrogen (secondary N) is 2. The first-order valence-electron chi connectivity index (χ1n) is 9.94. The SMILES string of the molecule is CCC1NN(Cc2ccc(-c3ccccc3-c3nn[nH]n3)cc2)C(=NS(=O)(=O)CC)S1.